The highest BCUT2D eigenvalue weighted by molar-refractivity contribution is 7.98. The smallest absolute Gasteiger partial charge is 0.303 e. The number of aryl methyl sites for hydroxylation is 1. The van der Waals surface area contributed by atoms with Crippen LogP contribution in [0.2, 0.25) is 10.0 Å². The molecule has 0 bridgehead atoms. The van der Waals surface area contributed by atoms with Crippen LogP contribution in [0.15, 0.2) is 32.9 Å². The molecule has 8 nitrogen and oxygen atoms in total. The summed E-state index contributed by atoms with van der Waals surface area (Å²) < 4.78 is 0. The van der Waals surface area contributed by atoms with E-state index in [2.05, 4.69) is 19.9 Å². The highest BCUT2D eigenvalue weighted by Crippen LogP contribution is 2.30. The van der Waals surface area contributed by atoms with E-state index >= 15 is 0 Å². The molecule has 11 heteroatoms. The monoisotopic (exact) mass is 426 g/mol. The number of aliphatic carboxylic acids is 1. The van der Waals surface area contributed by atoms with Crippen LogP contribution in [0.25, 0.3) is 11.2 Å². The van der Waals surface area contributed by atoms with Crippen LogP contribution in [0, 0.1) is 0 Å². The fourth-order valence-electron chi connectivity index (χ4n) is 2.28. The van der Waals surface area contributed by atoms with Gasteiger partial charge in [-0.15, -0.1) is 0 Å². The average molecular weight is 427 g/mol. The summed E-state index contributed by atoms with van der Waals surface area (Å²) >= 11 is 13.4. The second kappa shape index (κ2) is 8.12. The number of fused-ring (bicyclic) bond motifs is 1. The molecule has 140 valence electrons. The maximum Gasteiger partial charge on any atom is 0.303 e. The topological polar surface area (TPSA) is 129 Å². The highest BCUT2D eigenvalue weighted by Gasteiger charge is 2.13. The first kappa shape index (κ1) is 19.4. The van der Waals surface area contributed by atoms with Crippen molar-refractivity contribution in [3.8, 4) is 0 Å². The maximum absolute atomic E-state index is 12.3. The summed E-state index contributed by atoms with van der Waals surface area (Å²) in [6.45, 7) is 0. The van der Waals surface area contributed by atoms with E-state index in [1.165, 1.54) is 11.8 Å². The second-order valence-corrected chi connectivity index (χ2v) is 7.24. The Bertz CT molecular complexity index is 1130. The quantitative estimate of drug-likeness (QED) is 0.407. The van der Waals surface area contributed by atoms with Crippen molar-refractivity contribution in [2.75, 3.05) is 0 Å². The number of hydrogen-bond acceptors (Lipinski definition) is 6. The van der Waals surface area contributed by atoms with Crippen molar-refractivity contribution in [3.63, 3.8) is 0 Å². The van der Waals surface area contributed by atoms with Gasteiger partial charge in [-0.2, -0.15) is 0 Å². The van der Waals surface area contributed by atoms with E-state index < -0.39 is 17.1 Å². The van der Waals surface area contributed by atoms with E-state index in [9.17, 15) is 14.4 Å². The third kappa shape index (κ3) is 4.49. The fraction of sp³-hybridized carbons (Fsp3) is 0.188. The van der Waals surface area contributed by atoms with Crippen LogP contribution >= 0.6 is 35.0 Å². The standard InChI is InChI=1S/C16H12Cl2N4O4S/c17-8-2-1-3-9(18)7(8)6-27-16-21-13-12(15(26)22-16)19-10(14(25)20-13)4-5-11(23)24/h1-3H,4-6H2,(H,23,24)(H2,20,21,22,25,26). The number of halogens is 2. The number of rotatable bonds is 6. The predicted octanol–water partition coefficient (Wildman–Crippen LogP) is 2.62. The Balaban J connectivity index is 1.90. The molecule has 0 saturated heterocycles. The molecular weight excluding hydrogens is 415 g/mol. The molecule has 0 amide bonds. The molecule has 0 atom stereocenters. The molecule has 3 N–H and O–H groups in total. The Morgan fingerprint density at radius 3 is 2.48 bits per heavy atom. The molecule has 2 aromatic heterocycles. The molecule has 0 aliphatic rings. The first-order chi connectivity index (χ1) is 12.8. The second-order valence-electron chi connectivity index (χ2n) is 5.46. The highest BCUT2D eigenvalue weighted by atomic mass is 35.5. The van der Waals surface area contributed by atoms with Gasteiger partial charge in [0, 0.05) is 22.2 Å². The minimum absolute atomic E-state index is 0.0237. The van der Waals surface area contributed by atoms with Gasteiger partial charge in [-0.25, -0.2) is 9.97 Å². The number of thioether (sulfide) groups is 1. The van der Waals surface area contributed by atoms with Crippen molar-refractivity contribution in [2.45, 2.75) is 23.8 Å². The van der Waals surface area contributed by atoms with E-state index in [0.29, 0.717) is 21.4 Å². The van der Waals surface area contributed by atoms with Gasteiger partial charge >= 0.3 is 5.97 Å². The Kier molecular flexibility index (Phi) is 5.83. The van der Waals surface area contributed by atoms with Gasteiger partial charge in [0.2, 0.25) is 0 Å². The molecule has 0 aliphatic heterocycles. The molecule has 3 aromatic rings. The Morgan fingerprint density at radius 1 is 1.11 bits per heavy atom. The maximum atomic E-state index is 12.3. The van der Waals surface area contributed by atoms with Gasteiger partial charge in [0.05, 0.1) is 6.42 Å². The number of aromatic nitrogens is 4. The molecule has 0 aliphatic carbocycles. The number of benzene rings is 1. The van der Waals surface area contributed by atoms with E-state index in [1.54, 1.807) is 18.2 Å². The number of nitrogens with zero attached hydrogens (tertiary/aromatic N) is 2. The predicted molar refractivity (Wildman–Crippen MR) is 103 cm³/mol. The van der Waals surface area contributed by atoms with Gasteiger partial charge in [0.15, 0.2) is 16.3 Å². The zero-order chi connectivity index (χ0) is 19.6. The summed E-state index contributed by atoms with van der Waals surface area (Å²) in [6.07, 6.45) is -0.346. The van der Waals surface area contributed by atoms with Gasteiger partial charge < -0.3 is 10.1 Å². The fourth-order valence-corrected chi connectivity index (χ4v) is 3.88. The van der Waals surface area contributed by atoms with Crippen molar-refractivity contribution >= 4 is 52.1 Å². The Labute approximate surface area is 166 Å². The van der Waals surface area contributed by atoms with E-state index in [4.69, 9.17) is 28.3 Å². The van der Waals surface area contributed by atoms with Gasteiger partial charge in [-0.05, 0) is 17.7 Å². The average Bonchev–Trinajstić information content (AvgIpc) is 2.59. The molecule has 0 unspecified atom stereocenters. The summed E-state index contributed by atoms with van der Waals surface area (Å²) in [5, 5.41) is 9.98. The van der Waals surface area contributed by atoms with Crippen LogP contribution in [0.1, 0.15) is 17.7 Å². The normalized spacial score (nSPS) is 11.0. The molecule has 2 heterocycles. The van der Waals surface area contributed by atoms with Crippen LogP contribution in [0.5, 0.6) is 0 Å². The number of carboxylic acid groups (broad SMARTS) is 1. The molecule has 27 heavy (non-hydrogen) atoms. The van der Waals surface area contributed by atoms with Crippen LogP contribution in [-0.2, 0) is 17.0 Å². The van der Waals surface area contributed by atoms with Crippen molar-refractivity contribution < 1.29 is 9.90 Å². The molecule has 0 spiro atoms. The van der Waals surface area contributed by atoms with Crippen LogP contribution in [0.3, 0.4) is 0 Å². The molecule has 0 fully saturated rings. The van der Waals surface area contributed by atoms with Crippen LogP contribution in [0.4, 0.5) is 0 Å². The lowest BCUT2D eigenvalue weighted by atomic mass is 10.2. The van der Waals surface area contributed by atoms with E-state index in [-0.39, 0.29) is 34.9 Å². The SMILES string of the molecule is O=C(O)CCc1nc2c(=O)[nH]c(SCc3c(Cl)cccc3Cl)nc2[nH]c1=O. The van der Waals surface area contributed by atoms with Gasteiger partial charge in [-0.3, -0.25) is 19.4 Å². The van der Waals surface area contributed by atoms with Gasteiger partial charge in [-0.1, -0.05) is 41.0 Å². The van der Waals surface area contributed by atoms with Crippen LogP contribution in [-0.4, -0.2) is 31.0 Å². The largest absolute Gasteiger partial charge is 0.481 e. The summed E-state index contributed by atoms with van der Waals surface area (Å²) in [4.78, 5) is 48.2. The number of hydrogen-bond donors (Lipinski definition) is 3. The lowest BCUT2D eigenvalue weighted by molar-refractivity contribution is -0.136. The summed E-state index contributed by atoms with van der Waals surface area (Å²) in [7, 11) is 0. The Morgan fingerprint density at radius 2 is 1.81 bits per heavy atom. The number of carbonyl (C=O) groups is 1. The van der Waals surface area contributed by atoms with E-state index in [0.717, 1.165) is 0 Å². The summed E-state index contributed by atoms with van der Waals surface area (Å²) in [5.41, 5.74) is -0.483. The summed E-state index contributed by atoms with van der Waals surface area (Å²) in [5.74, 6) is -0.699. The van der Waals surface area contributed by atoms with Crippen molar-refractivity contribution in [1.29, 1.82) is 0 Å². The zero-order valence-electron chi connectivity index (χ0n) is 13.6. The van der Waals surface area contributed by atoms with Crippen LogP contribution < -0.4 is 11.1 Å². The van der Waals surface area contributed by atoms with Crippen molar-refractivity contribution in [2.24, 2.45) is 0 Å². The minimum atomic E-state index is -1.06. The lowest BCUT2D eigenvalue weighted by Crippen LogP contribution is -2.21. The molecule has 0 saturated carbocycles. The minimum Gasteiger partial charge on any atom is -0.481 e. The molecule has 3 rings (SSSR count). The lowest BCUT2D eigenvalue weighted by Gasteiger charge is -2.07. The van der Waals surface area contributed by atoms with Gasteiger partial charge in [0.25, 0.3) is 11.1 Å². The number of H-pyrrole nitrogens is 2. The van der Waals surface area contributed by atoms with E-state index in [1.807, 2.05) is 0 Å². The first-order valence-electron chi connectivity index (χ1n) is 7.66. The third-order valence-corrected chi connectivity index (χ3v) is 5.21. The molecule has 0 radical (unpaired) electrons. The number of aromatic amines is 2. The van der Waals surface area contributed by atoms with Gasteiger partial charge in [0.1, 0.15) is 5.69 Å². The van der Waals surface area contributed by atoms with Crippen molar-refractivity contribution in [3.05, 3.63) is 60.2 Å². The third-order valence-electron chi connectivity index (χ3n) is 3.60. The molecule has 1 aromatic carbocycles. The first-order valence-corrected chi connectivity index (χ1v) is 9.40. The zero-order valence-corrected chi connectivity index (χ0v) is 15.9. The Hall–Kier alpha value is -2.36. The summed E-state index contributed by atoms with van der Waals surface area (Å²) in [6, 6.07) is 5.15. The molecular formula is C16H12Cl2N4O4S. The number of nitrogens with one attached hydrogen (secondary N) is 2. The number of carboxylic acids is 1. The van der Waals surface area contributed by atoms with Crippen molar-refractivity contribution in [1.82, 2.24) is 19.9 Å².